The lowest BCUT2D eigenvalue weighted by molar-refractivity contribution is -0.633. The molecule has 28 heavy (non-hydrogen) atoms. The molecule has 2 aromatic rings. The van der Waals surface area contributed by atoms with Gasteiger partial charge in [-0.15, -0.1) is 0 Å². The molecule has 0 saturated carbocycles. The van der Waals surface area contributed by atoms with Gasteiger partial charge in [-0.3, -0.25) is 0 Å². The molecule has 8 heteroatoms. The Labute approximate surface area is 164 Å². The third kappa shape index (κ3) is 3.84. The minimum Gasteiger partial charge on any atom is -0.207 e. The van der Waals surface area contributed by atoms with Crippen LogP contribution in [0.15, 0.2) is 53.4 Å². The van der Waals surface area contributed by atoms with E-state index < -0.39 is 22.1 Å². The highest BCUT2D eigenvalue weighted by molar-refractivity contribution is 7.89. The van der Waals surface area contributed by atoms with E-state index in [1.165, 1.54) is 4.31 Å². The zero-order valence-electron chi connectivity index (χ0n) is 15.8. The van der Waals surface area contributed by atoms with Crippen LogP contribution in [-0.2, 0) is 29.6 Å². The van der Waals surface area contributed by atoms with Crippen LogP contribution < -0.4 is 0 Å². The standard InChI is InChI=1S/C20H23NO6S/c1-15-3-7-17(8-4-15)19-24-26-20(27-25-19)11-13-21(14-12-20)28(22,23)18-9-5-16(2)6-10-18/h3-10,19H,11-14H2,1-2H3. The van der Waals surface area contributed by atoms with Crippen LogP contribution in [0.4, 0.5) is 0 Å². The molecule has 0 bridgehead atoms. The van der Waals surface area contributed by atoms with Crippen molar-refractivity contribution in [3.63, 3.8) is 0 Å². The molecule has 0 unspecified atom stereocenters. The Morgan fingerprint density at radius 2 is 1.36 bits per heavy atom. The summed E-state index contributed by atoms with van der Waals surface area (Å²) >= 11 is 0. The first-order valence-corrected chi connectivity index (χ1v) is 10.6. The van der Waals surface area contributed by atoms with Crippen LogP contribution >= 0.6 is 0 Å². The number of sulfonamides is 1. The number of rotatable bonds is 3. The number of aryl methyl sites for hydroxylation is 2. The Hall–Kier alpha value is -1.81. The topological polar surface area (TPSA) is 74.3 Å². The molecule has 2 aliphatic heterocycles. The van der Waals surface area contributed by atoms with Gasteiger partial charge in [0.15, 0.2) is 0 Å². The number of hydrogen-bond acceptors (Lipinski definition) is 6. The van der Waals surface area contributed by atoms with Crippen LogP contribution in [0.25, 0.3) is 0 Å². The Morgan fingerprint density at radius 1 is 0.857 bits per heavy atom. The Morgan fingerprint density at radius 3 is 1.89 bits per heavy atom. The molecule has 150 valence electrons. The molecule has 2 aromatic carbocycles. The number of benzene rings is 2. The van der Waals surface area contributed by atoms with Gasteiger partial charge in [0.2, 0.25) is 22.1 Å². The van der Waals surface area contributed by atoms with Gasteiger partial charge in [-0.25, -0.2) is 8.42 Å². The molecule has 2 aliphatic rings. The van der Waals surface area contributed by atoms with Crippen molar-refractivity contribution in [1.29, 1.82) is 0 Å². The Bertz CT molecular complexity index is 908. The van der Waals surface area contributed by atoms with Crippen molar-refractivity contribution in [3.8, 4) is 0 Å². The molecule has 2 heterocycles. The highest BCUT2D eigenvalue weighted by Gasteiger charge is 2.46. The zero-order valence-corrected chi connectivity index (χ0v) is 16.6. The van der Waals surface area contributed by atoms with Gasteiger partial charge in [-0.05, 0) is 26.0 Å². The molecule has 0 atom stereocenters. The minimum atomic E-state index is -3.55. The molecule has 0 amide bonds. The van der Waals surface area contributed by atoms with E-state index in [2.05, 4.69) is 0 Å². The van der Waals surface area contributed by atoms with E-state index in [0.717, 1.165) is 16.7 Å². The maximum Gasteiger partial charge on any atom is 0.249 e. The molecular weight excluding hydrogens is 382 g/mol. The summed E-state index contributed by atoms with van der Waals surface area (Å²) in [6.07, 6.45) is -0.169. The first-order chi connectivity index (χ1) is 13.4. The zero-order chi connectivity index (χ0) is 19.8. The number of nitrogens with zero attached hydrogens (tertiary/aromatic N) is 1. The van der Waals surface area contributed by atoms with Gasteiger partial charge in [0.1, 0.15) is 0 Å². The molecule has 2 saturated heterocycles. The first-order valence-electron chi connectivity index (χ1n) is 9.20. The van der Waals surface area contributed by atoms with Crippen molar-refractivity contribution >= 4 is 10.0 Å². The third-order valence-corrected chi connectivity index (χ3v) is 6.98. The van der Waals surface area contributed by atoms with Crippen LogP contribution in [0.1, 0.15) is 35.8 Å². The largest absolute Gasteiger partial charge is 0.249 e. The van der Waals surface area contributed by atoms with Crippen molar-refractivity contribution in [3.05, 3.63) is 65.2 Å². The average Bonchev–Trinajstić information content (AvgIpc) is 2.70. The highest BCUT2D eigenvalue weighted by atomic mass is 32.2. The van der Waals surface area contributed by atoms with Crippen molar-refractivity contribution in [1.82, 2.24) is 4.31 Å². The normalized spacial score (nSPS) is 21.1. The van der Waals surface area contributed by atoms with Gasteiger partial charge >= 0.3 is 0 Å². The summed E-state index contributed by atoms with van der Waals surface area (Å²) in [6, 6.07) is 14.5. The lowest BCUT2D eigenvalue weighted by atomic mass is 10.1. The van der Waals surface area contributed by atoms with Crippen molar-refractivity contribution in [2.45, 2.75) is 43.7 Å². The molecule has 4 rings (SSSR count). The van der Waals surface area contributed by atoms with E-state index in [4.69, 9.17) is 19.6 Å². The van der Waals surface area contributed by atoms with E-state index in [9.17, 15) is 8.42 Å². The summed E-state index contributed by atoms with van der Waals surface area (Å²) in [5, 5.41) is 0. The Balaban J connectivity index is 1.38. The second-order valence-corrected chi connectivity index (χ2v) is 9.17. The fourth-order valence-corrected chi connectivity index (χ4v) is 4.66. The second-order valence-electron chi connectivity index (χ2n) is 7.23. The van der Waals surface area contributed by atoms with Crippen molar-refractivity contribution < 1.29 is 28.0 Å². The predicted octanol–water partition coefficient (Wildman–Crippen LogP) is 3.39. The summed E-state index contributed by atoms with van der Waals surface area (Å²) in [6.45, 7) is 4.41. The monoisotopic (exact) mass is 405 g/mol. The minimum absolute atomic E-state index is 0.248. The fourth-order valence-electron chi connectivity index (χ4n) is 3.22. The van der Waals surface area contributed by atoms with Gasteiger partial charge in [-0.2, -0.15) is 23.9 Å². The van der Waals surface area contributed by atoms with Gasteiger partial charge in [-0.1, -0.05) is 47.5 Å². The first kappa shape index (κ1) is 19.5. The molecule has 0 aromatic heterocycles. The summed E-state index contributed by atoms with van der Waals surface area (Å²) in [4.78, 5) is 22.1. The number of piperidine rings is 1. The van der Waals surface area contributed by atoms with E-state index in [1.54, 1.807) is 24.3 Å². The second kappa shape index (κ2) is 7.55. The maximum atomic E-state index is 12.8. The van der Waals surface area contributed by atoms with E-state index in [0.29, 0.717) is 12.8 Å². The SMILES string of the molecule is Cc1ccc(C2OOC3(CCN(S(=O)(=O)c4ccc(C)cc4)CC3)OO2)cc1. The van der Waals surface area contributed by atoms with Gasteiger partial charge in [0.05, 0.1) is 4.90 Å². The third-order valence-electron chi connectivity index (χ3n) is 5.07. The van der Waals surface area contributed by atoms with Gasteiger partial charge in [0.25, 0.3) is 0 Å². The van der Waals surface area contributed by atoms with Crippen LogP contribution in [-0.4, -0.2) is 31.6 Å². The number of hydrogen-bond donors (Lipinski definition) is 0. The molecule has 1 spiro atoms. The fraction of sp³-hybridized carbons (Fsp3) is 0.400. The average molecular weight is 405 g/mol. The smallest absolute Gasteiger partial charge is 0.207 e. The van der Waals surface area contributed by atoms with Crippen LogP contribution in [0, 0.1) is 13.8 Å². The van der Waals surface area contributed by atoms with E-state index in [-0.39, 0.29) is 18.0 Å². The molecule has 0 N–H and O–H groups in total. The van der Waals surface area contributed by atoms with Crippen LogP contribution in [0.2, 0.25) is 0 Å². The van der Waals surface area contributed by atoms with E-state index >= 15 is 0 Å². The summed E-state index contributed by atoms with van der Waals surface area (Å²) in [5.74, 6) is -1.10. The van der Waals surface area contributed by atoms with Crippen LogP contribution in [0.5, 0.6) is 0 Å². The molecule has 2 fully saturated rings. The predicted molar refractivity (Wildman–Crippen MR) is 100 cm³/mol. The van der Waals surface area contributed by atoms with Crippen molar-refractivity contribution in [2.75, 3.05) is 13.1 Å². The molecular formula is C20H23NO6S. The Kier molecular flexibility index (Phi) is 5.26. The summed E-state index contributed by atoms with van der Waals surface area (Å²) in [5.41, 5.74) is 2.91. The lowest BCUT2D eigenvalue weighted by Gasteiger charge is -2.41. The lowest BCUT2D eigenvalue weighted by Crippen LogP contribution is -2.51. The summed E-state index contributed by atoms with van der Waals surface area (Å²) in [7, 11) is -3.55. The molecule has 7 nitrogen and oxygen atoms in total. The van der Waals surface area contributed by atoms with Gasteiger partial charge in [0, 0.05) is 31.5 Å². The molecule has 0 aliphatic carbocycles. The molecule has 0 radical (unpaired) electrons. The van der Waals surface area contributed by atoms with Crippen LogP contribution in [0.3, 0.4) is 0 Å². The van der Waals surface area contributed by atoms with E-state index in [1.807, 2.05) is 38.1 Å². The summed E-state index contributed by atoms with van der Waals surface area (Å²) < 4.78 is 27.1. The highest BCUT2D eigenvalue weighted by Crippen LogP contribution is 2.38. The van der Waals surface area contributed by atoms with Crippen molar-refractivity contribution in [2.24, 2.45) is 0 Å². The quantitative estimate of drug-likeness (QED) is 0.729. The maximum absolute atomic E-state index is 12.8. The van der Waals surface area contributed by atoms with Gasteiger partial charge < -0.3 is 0 Å².